The van der Waals surface area contributed by atoms with Crippen LogP contribution in [0.5, 0.6) is 5.75 Å². The summed E-state index contributed by atoms with van der Waals surface area (Å²) in [6, 6.07) is 16.7. The van der Waals surface area contributed by atoms with Crippen LogP contribution in [0.2, 0.25) is 0 Å². The van der Waals surface area contributed by atoms with Gasteiger partial charge in [0.05, 0.1) is 13.2 Å². The van der Waals surface area contributed by atoms with Gasteiger partial charge in [0.2, 0.25) is 5.91 Å². The summed E-state index contributed by atoms with van der Waals surface area (Å²) in [5, 5.41) is 5.88. The third-order valence-electron chi connectivity index (χ3n) is 4.16. The first-order valence-corrected chi connectivity index (χ1v) is 8.91. The predicted molar refractivity (Wildman–Crippen MR) is 102 cm³/mol. The normalized spacial score (nSPS) is 11.5. The van der Waals surface area contributed by atoms with Crippen LogP contribution in [-0.4, -0.2) is 25.5 Å². The van der Waals surface area contributed by atoms with E-state index in [0.717, 1.165) is 17.7 Å². The first-order chi connectivity index (χ1) is 12.7. The van der Waals surface area contributed by atoms with Gasteiger partial charge in [0.25, 0.3) is 5.91 Å². The second-order valence-corrected chi connectivity index (χ2v) is 6.00. The van der Waals surface area contributed by atoms with Gasteiger partial charge in [-0.3, -0.25) is 9.59 Å². The molecule has 138 valence electrons. The van der Waals surface area contributed by atoms with Crippen LogP contribution in [-0.2, 0) is 4.79 Å². The molecule has 2 aromatic carbocycles. The van der Waals surface area contributed by atoms with Crippen molar-refractivity contribution in [3.8, 4) is 5.75 Å². The van der Waals surface area contributed by atoms with Crippen molar-refractivity contribution in [1.82, 2.24) is 10.6 Å². The fourth-order valence-corrected chi connectivity index (χ4v) is 2.76. The summed E-state index contributed by atoms with van der Waals surface area (Å²) < 4.78 is 5.38. The molecule has 0 saturated heterocycles. The fraction of sp³-hybridized carbons (Fsp3) is 0.333. The predicted octanol–water partition coefficient (Wildman–Crippen LogP) is 3.47. The molecule has 2 amide bonds. The lowest BCUT2D eigenvalue weighted by Gasteiger charge is -2.20. The smallest absolute Gasteiger partial charge is 0.251 e. The van der Waals surface area contributed by atoms with E-state index in [2.05, 4.69) is 10.6 Å². The molecule has 0 aliphatic rings. The van der Waals surface area contributed by atoms with Crippen LogP contribution in [0, 0.1) is 0 Å². The van der Waals surface area contributed by atoms with E-state index in [1.807, 2.05) is 49.4 Å². The molecule has 0 bridgehead atoms. The molecule has 0 aromatic heterocycles. The largest absolute Gasteiger partial charge is 0.496 e. The number of hydrogen-bond acceptors (Lipinski definition) is 3. The highest BCUT2D eigenvalue weighted by Gasteiger charge is 2.16. The minimum Gasteiger partial charge on any atom is -0.496 e. The summed E-state index contributed by atoms with van der Waals surface area (Å²) in [5.74, 6) is 0.623. The minimum absolute atomic E-state index is 0.0308. The van der Waals surface area contributed by atoms with Crippen molar-refractivity contribution in [3.63, 3.8) is 0 Å². The summed E-state index contributed by atoms with van der Waals surface area (Å²) in [7, 11) is 1.63. The highest BCUT2D eigenvalue weighted by molar-refractivity contribution is 5.94. The maximum atomic E-state index is 12.2. The van der Waals surface area contributed by atoms with Crippen LogP contribution in [0.15, 0.2) is 54.6 Å². The van der Waals surface area contributed by atoms with Gasteiger partial charge >= 0.3 is 0 Å². The molecule has 5 heteroatoms. The van der Waals surface area contributed by atoms with Crippen LogP contribution in [0.1, 0.15) is 48.1 Å². The number of carbonyl (C=O) groups excluding carboxylic acids is 2. The lowest BCUT2D eigenvalue weighted by atomic mass is 10.0. The van der Waals surface area contributed by atoms with E-state index in [1.165, 1.54) is 0 Å². The van der Waals surface area contributed by atoms with Crippen molar-refractivity contribution < 1.29 is 14.3 Å². The maximum Gasteiger partial charge on any atom is 0.251 e. The first kappa shape index (κ1) is 19.5. The molecule has 0 fully saturated rings. The van der Waals surface area contributed by atoms with Crippen LogP contribution in [0.4, 0.5) is 0 Å². The van der Waals surface area contributed by atoms with Gasteiger partial charge in [-0.1, -0.05) is 43.3 Å². The van der Waals surface area contributed by atoms with Gasteiger partial charge in [-0.05, 0) is 31.0 Å². The van der Waals surface area contributed by atoms with Crippen LogP contribution in [0.3, 0.4) is 0 Å². The molecule has 2 N–H and O–H groups in total. The molecule has 2 rings (SSSR count). The Balaban J connectivity index is 1.78. The zero-order valence-corrected chi connectivity index (χ0v) is 15.3. The molecule has 0 heterocycles. The molecule has 0 aliphatic carbocycles. The average Bonchev–Trinajstić information content (AvgIpc) is 2.69. The van der Waals surface area contributed by atoms with Gasteiger partial charge in [-0.15, -0.1) is 0 Å². The molecule has 1 atom stereocenters. The monoisotopic (exact) mass is 354 g/mol. The third-order valence-corrected chi connectivity index (χ3v) is 4.16. The van der Waals surface area contributed by atoms with Crippen LogP contribution >= 0.6 is 0 Å². The molecular formula is C21H26N2O3. The molecule has 0 radical (unpaired) electrons. The van der Waals surface area contributed by atoms with Gasteiger partial charge in [-0.25, -0.2) is 0 Å². The van der Waals surface area contributed by atoms with Gasteiger partial charge in [0.15, 0.2) is 0 Å². The van der Waals surface area contributed by atoms with Crippen molar-refractivity contribution in [1.29, 1.82) is 0 Å². The van der Waals surface area contributed by atoms with Gasteiger partial charge in [0.1, 0.15) is 5.75 Å². The molecular weight excluding hydrogens is 328 g/mol. The first-order valence-electron chi connectivity index (χ1n) is 8.91. The van der Waals surface area contributed by atoms with Gasteiger partial charge in [-0.2, -0.15) is 0 Å². The summed E-state index contributed by atoms with van der Waals surface area (Å²) >= 11 is 0. The second kappa shape index (κ2) is 10.2. The lowest BCUT2D eigenvalue weighted by molar-refractivity contribution is -0.122. The van der Waals surface area contributed by atoms with Gasteiger partial charge < -0.3 is 15.4 Å². The highest BCUT2D eigenvalue weighted by Crippen LogP contribution is 2.26. The average molecular weight is 354 g/mol. The Morgan fingerprint density at radius 1 is 1.04 bits per heavy atom. The Morgan fingerprint density at radius 2 is 1.73 bits per heavy atom. The van der Waals surface area contributed by atoms with Gasteiger partial charge in [0, 0.05) is 24.1 Å². The summed E-state index contributed by atoms with van der Waals surface area (Å²) in [4.78, 5) is 24.2. The number of carbonyl (C=O) groups is 2. The van der Waals surface area contributed by atoms with E-state index >= 15 is 0 Å². The van der Waals surface area contributed by atoms with E-state index in [0.29, 0.717) is 24.9 Å². The van der Waals surface area contributed by atoms with Crippen molar-refractivity contribution in [2.75, 3.05) is 13.7 Å². The molecule has 2 aromatic rings. The lowest BCUT2D eigenvalue weighted by Crippen LogP contribution is -2.30. The van der Waals surface area contributed by atoms with Crippen LogP contribution in [0.25, 0.3) is 0 Å². The Hall–Kier alpha value is -2.82. The Kier molecular flexibility index (Phi) is 7.68. The maximum absolute atomic E-state index is 12.2. The van der Waals surface area contributed by atoms with E-state index in [4.69, 9.17) is 4.74 Å². The zero-order valence-electron chi connectivity index (χ0n) is 15.3. The number of nitrogens with one attached hydrogen (secondary N) is 2. The zero-order chi connectivity index (χ0) is 18.8. The minimum atomic E-state index is -0.119. The number of ether oxygens (including phenoxy) is 1. The quantitative estimate of drug-likeness (QED) is 0.678. The molecule has 26 heavy (non-hydrogen) atoms. The Bertz CT molecular complexity index is 716. The van der Waals surface area contributed by atoms with Crippen molar-refractivity contribution in [3.05, 3.63) is 65.7 Å². The summed E-state index contributed by atoms with van der Waals surface area (Å²) in [6.07, 6.45) is 1.73. The number of benzene rings is 2. The Labute approximate surface area is 154 Å². The Morgan fingerprint density at radius 3 is 2.42 bits per heavy atom. The van der Waals surface area contributed by atoms with E-state index < -0.39 is 0 Å². The van der Waals surface area contributed by atoms with Crippen molar-refractivity contribution >= 4 is 11.8 Å². The highest BCUT2D eigenvalue weighted by atomic mass is 16.5. The molecule has 0 saturated carbocycles. The number of rotatable bonds is 9. The van der Waals surface area contributed by atoms with E-state index in [-0.39, 0.29) is 17.9 Å². The molecule has 0 spiro atoms. The van der Waals surface area contributed by atoms with Crippen LogP contribution < -0.4 is 15.4 Å². The number of para-hydroxylation sites is 1. The number of methoxy groups -OCH3 is 1. The third kappa shape index (κ3) is 5.62. The number of amides is 2. The number of hydrogen-bond donors (Lipinski definition) is 2. The van der Waals surface area contributed by atoms with E-state index in [1.54, 1.807) is 19.2 Å². The second-order valence-electron chi connectivity index (χ2n) is 6.00. The molecule has 5 nitrogen and oxygen atoms in total. The standard InChI is InChI=1S/C21H26N2O3/c1-3-18(17-12-7-8-13-19(17)26-2)23-20(24)14-9-15-22-21(25)16-10-5-4-6-11-16/h4-8,10-13,18H,3,9,14-15H2,1-2H3,(H,22,25)(H,23,24). The fourth-order valence-electron chi connectivity index (χ4n) is 2.76. The van der Waals surface area contributed by atoms with Crippen molar-refractivity contribution in [2.24, 2.45) is 0 Å². The summed E-state index contributed by atoms with van der Waals surface area (Å²) in [6.45, 7) is 2.49. The molecule has 1 unspecified atom stereocenters. The molecule has 0 aliphatic heterocycles. The summed E-state index contributed by atoms with van der Waals surface area (Å²) in [5.41, 5.74) is 1.60. The van der Waals surface area contributed by atoms with E-state index in [9.17, 15) is 9.59 Å². The van der Waals surface area contributed by atoms with Crippen molar-refractivity contribution in [2.45, 2.75) is 32.2 Å². The topological polar surface area (TPSA) is 67.4 Å². The SMILES string of the molecule is CCC(NC(=O)CCCNC(=O)c1ccccc1)c1ccccc1OC.